The monoisotopic (exact) mass is 446 g/mol. The first-order valence-corrected chi connectivity index (χ1v) is 8.11. The van der Waals surface area contributed by atoms with Crippen molar-refractivity contribution in [1.82, 2.24) is 25.4 Å². The Hall–Kier alpha value is -1.58. The minimum Gasteiger partial charge on any atom is -0.464 e. The highest BCUT2D eigenvalue weighted by Gasteiger charge is 2.11. The molecule has 0 aliphatic heterocycles. The van der Waals surface area contributed by atoms with Crippen molar-refractivity contribution >= 4 is 29.9 Å². The lowest BCUT2D eigenvalue weighted by Gasteiger charge is -2.16. The lowest BCUT2D eigenvalue weighted by molar-refractivity contribution is 0.441. The molecular formula is C16H27IN6O. The zero-order valence-electron chi connectivity index (χ0n) is 14.7. The molecule has 24 heavy (non-hydrogen) atoms. The first-order chi connectivity index (χ1) is 11.1. The molecule has 0 aliphatic rings. The van der Waals surface area contributed by atoms with Crippen molar-refractivity contribution in [2.75, 3.05) is 13.1 Å². The van der Waals surface area contributed by atoms with Crippen LogP contribution in [-0.4, -0.2) is 33.8 Å². The highest BCUT2D eigenvalue weighted by atomic mass is 127. The lowest BCUT2D eigenvalue weighted by Crippen LogP contribution is -2.38. The quantitative estimate of drug-likeness (QED) is 0.389. The molecule has 0 aromatic carbocycles. The number of nitrogens with zero attached hydrogens (tertiary/aromatic N) is 4. The number of hydrogen-bond donors (Lipinski definition) is 2. The van der Waals surface area contributed by atoms with Gasteiger partial charge in [-0.05, 0) is 32.9 Å². The number of guanidine groups is 1. The SMILES string of the molecule is CCNC(=NCCn1cnnc1CC)NC(C)c1ccc(C)o1.I. The van der Waals surface area contributed by atoms with E-state index in [1.165, 1.54) is 0 Å². The molecule has 0 radical (unpaired) electrons. The smallest absolute Gasteiger partial charge is 0.191 e. The van der Waals surface area contributed by atoms with Crippen LogP contribution in [0.15, 0.2) is 27.9 Å². The molecule has 2 N–H and O–H groups in total. The van der Waals surface area contributed by atoms with Crippen LogP contribution in [-0.2, 0) is 13.0 Å². The standard InChI is InChI=1S/C16H26N6O.HI/c1-5-15-21-19-11-22(15)10-9-18-16(17-6-2)20-13(4)14-8-7-12(3)23-14;/h7-8,11,13H,5-6,9-10H2,1-4H3,(H2,17,18,20);1H. The second-order valence-electron chi connectivity index (χ2n) is 5.37. The number of furan rings is 1. The summed E-state index contributed by atoms with van der Waals surface area (Å²) >= 11 is 0. The predicted octanol–water partition coefficient (Wildman–Crippen LogP) is 2.68. The second kappa shape index (κ2) is 10.3. The number of aryl methyl sites for hydroxylation is 2. The lowest BCUT2D eigenvalue weighted by atomic mass is 10.2. The van der Waals surface area contributed by atoms with Gasteiger partial charge in [0.2, 0.25) is 0 Å². The molecule has 0 amide bonds. The molecule has 1 atom stereocenters. The maximum atomic E-state index is 5.65. The Bertz CT molecular complexity index is 636. The minimum atomic E-state index is 0. The van der Waals surface area contributed by atoms with Gasteiger partial charge in [0.25, 0.3) is 0 Å². The zero-order chi connectivity index (χ0) is 16.7. The Labute approximate surface area is 160 Å². The fourth-order valence-corrected chi connectivity index (χ4v) is 2.29. The van der Waals surface area contributed by atoms with Crippen LogP contribution in [0, 0.1) is 6.92 Å². The van der Waals surface area contributed by atoms with Crippen LogP contribution in [0.2, 0.25) is 0 Å². The van der Waals surface area contributed by atoms with E-state index in [4.69, 9.17) is 4.42 Å². The molecular weight excluding hydrogens is 419 g/mol. The molecule has 0 aliphatic carbocycles. The molecule has 2 rings (SSSR count). The average Bonchev–Trinajstić information content (AvgIpc) is 3.16. The van der Waals surface area contributed by atoms with Gasteiger partial charge in [-0.3, -0.25) is 4.99 Å². The summed E-state index contributed by atoms with van der Waals surface area (Å²) in [7, 11) is 0. The number of hydrogen-bond acceptors (Lipinski definition) is 4. The third kappa shape index (κ3) is 5.81. The first kappa shape index (κ1) is 20.5. The fourth-order valence-electron chi connectivity index (χ4n) is 2.29. The number of nitrogens with one attached hydrogen (secondary N) is 2. The third-order valence-corrected chi connectivity index (χ3v) is 3.51. The molecule has 7 nitrogen and oxygen atoms in total. The van der Waals surface area contributed by atoms with Crippen LogP contribution in [0.25, 0.3) is 0 Å². The number of rotatable bonds is 7. The van der Waals surface area contributed by atoms with Gasteiger partial charge in [0.1, 0.15) is 23.7 Å². The molecule has 0 spiro atoms. The third-order valence-electron chi connectivity index (χ3n) is 3.51. The summed E-state index contributed by atoms with van der Waals surface area (Å²) in [5, 5.41) is 14.6. The van der Waals surface area contributed by atoms with E-state index in [1.807, 2.05) is 30.5 Å². The van der Waals surface area contributed by atoms with Gasteiger partial charge < -0.3 is 19.6 Å². The van der Waals surface area contributed by atoms with Gasteiger partial charge in [0.05, 0.1) is 12.6 Å². The van der Waals surface area contributed by atoms with Crippen molar-refractivity contribution in [2.45, 2.75) is 46.7 Å². The van der Waals surface area contributed by atoms with Crippen molar-refractivity contribution in [3.05, 3.63) is 35.8 Å². The van der Waals surface area contributed by atoms with E-state index < -0.39 is 0 Å². The number of aliphatic imine (C=N–C) groups is 1. The predicted molar refractivity (Wildman–Crippen MR) is 106 cm³/mol. The molecule has 0 bridgehead atoms. The Kier molecular flexibility index (Phi) is 8.80. The van der Waals surface area contributed by atoms with Gasteiger partial charge in [-0.2, -0.15) is 0 Å². The Balaban J connectivity index is 0.00000288. The van der Waals surface area contributed by atoms with E-state index in [1.54, 1.807) is 6.33 Å². The van der Waals surface area contributed by atoms with Gasteiger partial charge in [0, 0.05) is 19.5 Å². The highest BCUT2D eigenvalue weighted by molar-refractivity contribution is 14.0. The molecule has 134 valence electrons. The molecule has 8 heteroatoms. The van der Waals surface area contributed by atoms with Crippen LogP contribution in [0.3, 0.4) is 0 Å². The molecule has 0 fully saturated rings. The Morgan fingerprint density at radius 1 is 1.38 bits per heavy atom. The summed E-state index contributed by atoms with van der Waals surface area (Å²) < 4.78 is 7.69. The van der Waals surface area contributed by atoms with E-state index in [0.29, 0.717) is 6.54 Å². The summed E-state index contributed by atoms with van der Waals surface area (Å²) in [5.74, 6) is 3.58. The van der Waals surface area contributed by atoms with E-state index in [9.17, 15) is 0 Å². The van der Waals surface area contributed by atoms with E-state index in [2.05, 4.69) is 39.7 Å². The van der Waals surface area contributed by atoms with E-state index in [0.717, 1.165) is 42.8 Å². The van der Waals surface area contributed by atoms with E-state index in [-0.39, 0.29) is 30.0 Å². The Morgan fingerprint density at radius 3 is 2.79 bits per heavy atom. The number of halogens is 1. The molecule has 2 heterocycles. The minimum absolute atomic E-state index is 0. The van der Waals surface area contributed by atoms with Crippen molar-refractivity contribution in [1.29, 1.82) is 0 Å². The Morgan fingerprint density at radius 2 is 2.17 bits per heavy atom. The summed E-state index contributed by atoms with van der Waals surface area (Å²) in [4.78, 5) is 4.61. The topological polar surface area (TPSA) is 80.3 Å². The molecule has 2 aromatic rings. The fraction of sp³-hybridized carbons (Fsp3) is 0.562. The van der Waals surface area contributed by atoms with Crippen molar-refractivity contribution in [2.24, 2.45) is 4.99 Å². The summed E-state index contributed by atoms with van der Waals surface area (Å²) in [5.41, 5.74) is 0. The zero-order valence-corrected chi connectivity index (χ0v) is 17.1. The molecule has 0 saturated heterocycles. The van der Waals surface area contributed by atoms with Gasteiger partial charge in [0.15, 0.2) is 5.96 Å². The van der Waals surface area contributed by atoms with Gasteiger partial charge >= 0.3 is 0 Å². The molecule has 1 unspecified atom stereocenters. The normalized spacial score (nSPS) is 12.6. The second-order valence-corrected chi connectivity index (χ2v) is 5.37. The van der Waals surface area contributed by atoms with Crippen LogP contribution in [0.1, 0.15) is 44.2 Å². The van der Waals surface area contributed by atoms with Crippen molar-refractivity contribution in [3.8, 4) is 0 Å². The van der Waals surface area contributed by atoms with Gasteiger partial charge in [-0.1, -0.05) is 6.92 Å². The highest BCUT2D eigenvalue weighted by Crippen LogP contribution is 2.15. The molecule has 2 aromatic heterocycles. The summed E-state index contributed by atoms with van der Waals surface area (Å²) in [6.07, 6.45) is 2.62. The summed E-state index contributed by atoms with van der Waals surface area (Å²) in [6.45, 7) is 10.4. The number of aromatic nitrogens is 3. The van der Waals surface area contributed by atoms with Crippen LogP contribution >= 0.6 is 24.0 Å². The van der Waals surface area contributed by atoms with Crippen LogP contribution in [0.4, 0.5) is 0 Å². The first-order valence-electron chi connectivity index (χ1n) is 8.11. The van der Waals surface area contributed by atoms with Crippen LogP contribution < -0.4 is 10.6 Å². The molecule has 0 saturated carbocycles. The van der Waals surface area contributed by atoms with E-state index >= 15 is 0 Å². The summed E-state index contributed by atoms with van der Waals surface area (Å²) in [6, 6.07) is 4.01. The maximum absolute atomic E-state index is 5.65. The van der Waals surface area contributed by atoms with Gasteiger partial charge in [-0.25, -0.2) is 0 Å². The van der Waals surface area contributed by atoms with Crippen molar-refractivity contribution < 1.29 is 4.42 Å². The average molecular weight is 446 g/mol. The maximum Gasteiger partial charge on any atom is 0.191 e. The van der Waals surface area contributed by atoms with Gasteiger partial charge in [-0.15, -0.1) is 34.2 Å². The van der Waals surface area contributed by atoms with Crippen molar-refractivity contribution in [3.63, 3.8) is 0 Å². The van der Waals surface area contributed by atoms with Crippen LogP contribution in [0.5, 0.6) is 0 Å². The largest absolute Gasteiger partial charge is 0.464 e.